The van der Waals surface area contributed by atoms with Crippen molar-refractivity contribution in [3.05, 3.63) is 16.1 Å². The molecular formula is C10H17N3O4S2. The number of aryl methyl sites for hydroxylation is 1. The highest BCUT2D eigenvalue weighted by Gasteiger charge is 2.18. The molecule has 9 heteroatoms. The van der Waals surface area contributed by atoms with Crippen molar-refractivity contribution in [3.8, 4) is 0 Å². The van der Waals surface area contributed by atoms with Gasteiger partial charge in [0.1, 0.15) is 5.01 Å². The Labute approximate surface area is 116 Å². The lowest BCUT2D eigenvalue weighted by molar-refractivity contribution is -0.137. The summed E-state index contributed by atoms with van der Waals surface area (Å²) < 4.78 is 27.0. The fourth-order valence-corrected chi connectivity index (χ4v) is 2.99. The number of thiazole rings is 1. The monoisotopic (exact) mass is 307 g/mol. The highest BCUT2D eigenvalue weighted by molar-refractivity contribution is 7.87. The standard InChI is InChI=1S/C10H17N3O4S2/c1-3-8-6-11-9(18-8)7-12-19(16,17)13(2)5-4-10(14)15/h6,12H,3-5,7H2,1-2H3,(H,14,15). The summed E-state index contributed by atoms with van der Waals surface area (Å²) in [6, 6.07) is 0. The fourth-order valence-electron chi connectivity index (χ4n) is 1.23. The van der Waals surface area contributed by atoms with E-state index < -0.39 is 16.2 Å². The average molecular weight is 307 g/mol. The van der Waals surface area contributed by atoms with E-state index in [0.717, 1.165) is 15.6 Å². The van der Waals surface area contributed by atoms with Gasteiger partial charge < -0.3 is 5.11 Å². The smallest absolute Gasteiger partial charge is 0.304 e. The van der Waals surface area contributed by atoms with Gasteiger partial charge in [-0.1, -0.05) is 6.92 Å². The molecule has 0 unspecified atom stereocenters. The van der Waals surface area contributed by atoms with Gasteiger partial charge >= 0.3 is 5.97 Å². The molecular weight excluding hydrogens is 290 g/mol. The lowest BCUT2D eigenvalue weighted by Gasteiger charge is -2.16. The molecule has 19 heavy (non-hydrogen) atoms. The lowest BCUT2D eigenvalue weighted by Crippen LogP contribution is -2.38. The Morgan fingerprint density at radius 2 is 2.26 bits per heavy atom. The molecule has 0 atom stereocenters. The Kier molecular flexibility index (Phi) is 5.85. The Morgan fingerprint density at radius 3 is 2.79 bits per heavy atom. The maximum absolute atomic E-state index is 11.8. The molecule has 0 aromatic carbocycles. The maximum Gasteiger partial charge on any atom is 0.304 e. The van der Waals surface area contributed by atoms with E-state index in [1.165, 1.54) is 18.4 Å². The molecule has 0 saturated carbocycles. The fraction of sp³-hybridized carbons (Fsp3) is 0.600. The Balaban J connectivity index is 2.52. The number of nitrogens with one attached hydrogen (secondary N) is 1. The van der Waals surface area contributed by atoms with Gasteiger partial charge in [-0.05, 0) is 6.42 Å². The van der Waals surface area contributed by atoms with Crippen LogP contribution in [0.25, 0.3) is 0 Å². The third kappa shape index (κ3) is 5.23. The Morgan fingerprint density at radius 1 is 1.58 bits per heavy atom. The molecule has 1 aromatic rings. The molecule has 108 valence electrons. The zero-order chi connectivity index (χ0) is 14.5. The quantitative estimate of drug-likeness (QED) is 0.726. The SMILES string of the molecule is CCc1cnc(CNS(=O)(=O)N(C)CCC(=O)O)s1. The second-order valence-electron chi connectivity index (χ2n) is 3.87. The van der Waals surface area contributed by atoms with Gasteiger partial charge in [0.15, 0.2) is 0 Å². The molecule has 0 fully saturated rings. The van der Waals surface area contributed by atoms with Crippen LogP contribution in [0.1, 0.15) is 23.2 Å². The van der Waals surface area contributed by atoms with Crippen LogP contribution >= 0.6 is 11.3 Å². The Bertz CT molecular complexity index is 527. The van der Waals surface area contributed by atoms with E-state index in [1.54, 1.807) is 6.20 Å². The highest BCUT2D eigenvalue weighted by Crippen LogP contribution is 2.13. The van der Waals surface area contributed by atoms with E-state index >= 15 is 0 Å². The molecule has 7 nitrogen and oxygen atoms in total. The van der Waals surface area contributed by atoms with Crippen LogP contribution in [0.3, 0.4) is 0 Å². The predicted molar refractivity (Wildman–Crippen MR) is 72.1 cm³/mol. The van der Waals surface area contributed by atoms with Gasteiger partial charge in [-0.15, -0.1) is 11.3 Å². The predicted octanol–water partition coefficient (Wildman–Crippen LogP) is 0.446. The summed E-state index contributed by atoms with van der Waals surface area (Å²) in [4.78, 5) is 15.6. The number of carbonyl (C=O) groups is 1. The van der Waals surface area contributed by atoms with Crippen LogP contribution in [0.15, 0.2) is 6.20 Å². The van der Waals surface area contributed by atoms with Gasteiger partial charge in [0, 0.05) is 24.7 Å². The van der Waals surface area contributed by atoms with E-state index in [2.05, 4.69) is 9.71 Å². The van der Waals surface area contributed by atoms with Crippen molar-refractivity contribution in [3.63, 3.8) is 0 Å². The zero-order valence-corrected chi connectivity index (χ0v) is 12.4. The topological polar surface area (TPSA) is 99.6 Å². The van der Waals surface area contributed by atoms with Crippen molar-refractivity contribution in [1.29, 1.82) is 0 Å². The molecule has 0 aliphatic carbocycles. The maximum atomic E-state index is 11.8. The van der Waals surface area contributed by atoms with E-state index in [-0.39, 0.29) is 19.5 Å². The molecule has 0 aliphatic heterocycles. The van der Waals surface area contributed by atoms with Gasteiger partial charge in [0.05, 0.1) is 13.0 Å². The number of carboxylic acid groups (broad SMARTS) is 1. The van der Waals surface area contributed by atoms with E-state index in [1.807, 2.05) is 6.92 Å². The van der Waals surface area contributed by atoms with Crippen LogP contribution in [0.2, 0.25) is 0 Å². The van der Waals surface area contributed by atoms with Crippen LogP contribution in [0, 0.1) is 0 Å². The summed E-state index contributed by atoms with van der Waals surface area (Å²) in [7, 11) is -2.33. The molecule has 1 heterocycles. The van der Waals surface area contributed by atoms with E-state index in [0.29, 0.717) is 5.01 Å². The van der Waals surface area contributed by atoms with Gasteiger partial charge in [-0.2, -0.15) is 17.4 Å². The first-order valence-corrected chi connectivity index (χ1v) is 7.97. The van der Waals surface area contributed by atoms with Crippen LogP contribution in [0.4, 0.5) is 0 Å². The molecule has 0 amide bonds. The highest BCUT2D eigenvalue weighted by atomic mass is 32.2. The minimum atomic E-state index is -3.66. The second kappa shape index (κ2) is 6.94. The lowest BCUT2D eigenvalue weighted by atomic mass is 10.4. The summed E-state index contributed by atoms with van der Waals surface area (Å²) in [5, 5.41) is 9.20. The molecule has 1 aromatic heterocycles. The first kappa shape index (κ1) is 16.0. The van der Waals surface area contributed by atoms with Crippen molar-refractivity contribution in [1.82, 2.24) is 14.0 Å². The number of aliphatic carboxylic acids is 1. The number of aromatic nitrogens is 1. The average Bonchev–Trinajstić information content (AvgIpc) is 2.81. The van der Waals surface area contributed by atoms with Gasteiger partial charge in [0.25, 0.3) is 10.2 Å². The normalized spacial score (nSPS) is 11.9. The molecule has 0 bridgehead atoms. The zero-order valence-electron chi connectivity index (χ0n) is 10.8. The van der Waals surface area contributed by atoms with Gasteiger partial charge in [-0.3, -0.25) is 4.79 Å². The minimum Gasteiger partial charge on any atom is -0.481 e. The van der Waals surface area contributed by atoms with Gasteiger partial charge in [0.2, 0.25) is 0 Å². The minimum absolute atomic E-state index is 0.0667. The number of rotatable bonds is 8. The second-order valence-corrected chi connectivity index (χ2v) is 6.93. The van der Waals surface area contributed by atoms with Crippen LogP contribution in [-0.4, -0.2) is 42.4 Å². The van der Waals surface area contributed by atoms with Gasteiger partial charge in [-0.25, -0.2) is 4.98 Å². The van der Waals surface area contributed by atoms with Crippen molar-refractivity contribution in [2.24, 2.45) is 0 Å². The molecule has 0 aliphatic rings. The number of hydrogen-bond donors (Lipinski definition) is 2. The van der Waals surface area contributed by atoms with E-state index in [4.69, 9.17) is 5.11 Å². The summed E-state index contributed by atoms with van der Waals surface area (Å²) in [5.74, 6) is -1.03. The molecule has 1 rings (SSSR count). The third-order valence-corrected chi connectivity index (χ3v) is 5.06. The molecule has 0 spiro atoms. The van der Waals surface area contributed by atoms with Crippen molar-refractivity contribution in [2.75, 3.05) is 13.6 Å². The first-order chi connectivity index (χ1) is 8.85. The van der Waals surface area contributed by atoms with E-state index in [9.17, 15) is 13.2 Å². The van der Waals surface area contributed by atoms with Crippen LogP contribution in [0.5, 0.6) is 0 Å². The van der Waals surface area contributed by atoms with Crippen LogP contribution < -0.4 is 4.72 Å². The van der Waals surface area contributed by atoms with Crippen molar-refractivity contribution >= 4 is 27.5 Å². The first-order valence-electron chi connectivity index (χ1n) is 5.71. The summed E-state index contributed by atoms with van der Waals surface area (Å²) in [6.45, 7) is 2.05. The van der Waals surface area contributed by atoms with Crippen LogP contribution in [-0.2, 0) is 28.0 Å². The molecule has 2 N–H and O–H groups in total. The van der Waals surface area contributed by atoms with Crippen molar-refractivity contribution < 1.29 is 18.3 Å². The third-order valence-electron chi connectivity index (χ3n) is 2.41. The Hall–Kier alpha value is -1.03. The number of carboxylic acids is 1. The summed E-state index contributed by atoms with van der Waals surface area (Å²) >= 11 is 1.45. The largest absolute Gasteiger partial charge is 0.481 e. The molecule has 0 saturated heterocycles. The van der Waals surface area contributed by atoms with Crippen molar-refractivity contribution in [2.45, 2.75) is 26.3 Å². The summed E-state index contributed by atoms with van der Waals surface area (Å²) in [6.07, 6.45) is 2.36. The summed E-state index contributed by atoms with van der Waals surface area (Å²) in [5.41, 5.74) is 0. The number of nitrogens with zero attached hydrogens (tertiary/aromatic N) is 2. The number of hydrogen-bond acceptors (Lipinski definition) is 5. The molecule has 0 radical (unpaired) electrons.